The van der Waals surface area contributed by atoms with Crippen LogP contribution in [-0.4, -0.2) is 28.2 Å². The molecule has 0 N–H and O–H groups in total. The van der Waals surface area contributed by atoms with Gasteiger partial charge in [0.15, 0.2) is 0 Å². The molecular weight excluding hydrogens is 282 g/mol. The van der Waals surface area contributed by atoms with Crippen molar-refractivity contribution < 1.29 is 4.42 Å². The van der Waals surface area contributed by atoms with Crippen molar-refractivity contribution in [3.63, 3.8) is 0 Å². The smallest absolute Gasteiger partial charge is 0.257 e. The average Bonchev–Trinajstić information content (AvgIpc) is 3.14. The summed E-state index contributed by atoms with van der Waals surface area (Å²) < 4.78 is 5.90. The average molecular weight is 303 g/mol. The minimum absolute atomic E-state index is 0.710. The summed E-state index contributed by atoms with van der Waals surface area (Å²) in [6.45, 7) is 3.12. The van der Waals surface area contributed by atoms with E-state index in [9.17, 15) is 0 Å². The molecule has 0 saturated carbocycles. The fourth-order valence-corrected chi connectivity index (χ4v) is 4.50. The minimum Gasteiger partial charge on any atom is -0.419 e. The Balaban J connectivity index is 1.49. The second-order valence-electron chi connectivity index (χ2n) is 6.10. The Hall–Kier alpha value is -1.20. The maximum absolute atomic E-state index is 5.90. The van der Waals surface area contributed by atoms with Gasteiger partial charge in [0.1, 0.15) is 0 Å². The zero-order valence-corrected chi connectivity index (χ0v) is 13.1. The highest BCUT2D eigenvalue weighted by atomic mass is 32.1. The fourth-order valence-electron chi connectivity index (χ4n) is 3.32. The number of thiophene rings is 1. The number of fused-ring (bicyclic) bond motifs is 1. The van der Waals surface area contributed by atoms with E-state index in [-0.39, 0.29) is 0 Å². The summed E-state index contributed by atoms with van der Waals surface area (Å²) in [6.07, 6.45) is 8.99. The van der Waals surface area contributed by atoms with Crippen LogP contribution in [0.4, 0.5) is 0 Å². The van der Waals surface area contributed by atoms with Crippen molar-refractivity contribution in [2.75, 3.05) is 13.1 Å². The fraction of sp³-hybridized carbons (Fsp3) is 0.625. The van der Waals surface area contributed by atoms with Gasteiger partial charge >= 0.3 is 0 Å². The first-order valence-corrected chi connectivity index (χ1v) is 8.87. The number of hydrogen-bond donors (Lipinski definition) is 0. The molecule has 4 nitrogen and oxygen atoms in total. The lowest BCUT2D eigenvalue weighted by Gasteiger charge is -2.24. The molecule has 0 spiro atoms. The van der Waals surface area contributed by atoms with Crippen molar-refractivity contribution in [2.24, 2.45) is 0 Å². The van der Waals surface area contributed by atoms with Gasteiger partial charge in [0.05, 0.1) is 11.4 Å². The summed E-state index contributed by atoms with van der Waals surface area (Å²) in [5, 5.41) is 8.50. The highest BCUT2D eigenvalue weighted by Gasteiger charge is 2.19. The van der Waals surface area contributed by atoms with Crippen LogP contribution in [-0.2, 0) is 19.4 Å². The molecule has 112 valence electrons. The normalized spacial score (nSPS) is 19.6. The van der Waals surface area contributed by atoms with Crippen molar-refractivity contribution in [2.45, 2.75) is 51.5 Å². The molecule has 2 aromatic rings. The van der Waals surface area contributed by atoms with Crippen LogP contribution in [0.3, 0.4) is 0 Å². The number of piperidine rings is 1. The lowest BCUT2D eigenvalue weighted by Crippen LogP contribution is -2.29. The number of aromatic nitrogens is 2. The van der Waals surface area contributed by atoms with E-state index in [0.29, 0.717) is 5.89 Å². The van der Waals surface area contributed by atoms with Gasteiger partial charge in [-0.3, -0.25) is 4.90 Å². The van der Waals surface area contributed by atoms with Gasteiger partial charge in [0.25, 0.3) is 5.89 Å². The van der Waals surface area contributed by atoms with E-state index in [2.05, 4.69) is 21.2 Å². The molecule has 4 rings (SSSR count). The van der Waals surface area contributed by atoms with Crippen LogP contribution in [0.2, 0.25) is 0 Å². The molecule has 0 bridgehead atoms. The van der Waals surface area contributed by atoms with E-state index in [1.807, 2.05) is 11.3 Å². The molecule has 1 aliphatic heterocycles. The van der Waals surface area contributed by atoms with Crippen molar-refractivity contribution in [1.29, 1.82) is 0 Å². The number of aryl methyl sites for hydroxylation is 2. The molecule has 2 aromatic heterocycles. The molecule has 0 radical (unpaired) electrons. The Morgan fingerprint density at radius 3 is 2.76 bits per heavy atom. The van der Waals surface area contributed by atoms with Crippen LogP contribution >= 0.6 is 11.3 Å². The van der Waals surface area contributed by atoms with Crippen LogP contribution in [0.15, 0.2) is 10.5 Å². The van der Waals surface area contributed by atoms with E-state index in [4.69, 9.17) is 4.42 Å². The van der Waals surface area contributed by atoms with Gasteiger partial charge in [0.2, 0.25) is 5.89 Å². The molecule has 3 heterocycles. The first kappa shape index (κ1) is 13.5. The molecule has 0 aromatic carbocycles. The van der Waals surface area contributed by atoms with Crippen molar-refractivity contribution >= 4 is 11.3 Å². The molecule has 5 heteroatoms. The number of nitrogens with zero attached hydrogens (tertiary/aromatic N) is 3. The quantitative estimate of drug-likeness (QED) is 0.868. The minimum atomic E-state index is 0.710. The summed E-state index contributed by atoms with van der Waals surface area (Å²) in [7, 11) is 0. The number of rotatable bonds is 3. The Labute approximate surface area is 129 Å². The highest BCUT2D eigenvalue weighted by molar-refractivity contribution is 7.15. The van der Waals surface area contributed by atoms with E-state index < -0.39 is 0 Å². The highest BCUT2D eigenvalue weighted by Crippen LogP contribution is 2.35. The zero-order chi connectivity index (χ0) is 14.1. The molecule has 21 heavy (non-hydrogen) atoms. The van der Waals surface area contributed by atoms with Crippen LogP contribution < -0.4 is 0 Å². The number of likely N-dealkylation sites (tertiary alicyclic amines) is 1. The van der Waals surface area contributed by atoms with E-state index in [1.54, 1.807) is 0 Å². The van der Waals surface area contributed by atoms with Gasteiger partial charge in [-0.15, -0.1) is 21.5 Å². The lowest BCUT2D eigenvalue weighted by molar-refractivity contribution is 0.202. The van der Waals surface area contributed by atoms with Gasteiger partial charge in [-0.05, 0) is 63.2 Å². The zero-order valence-electron chi connectivity index (χ0n) is 12.3. The largest absolute Gasteiger partial charge is 0.419 e. The maximum atomic E-state index is 5.90. The Bertz CT molecular complexity index is 589. The third kappa shape index (κ3) is 2.90. The first-order valence-electron chi connectivity index (χ1n) is 8.05. The molecule has 2 aliphatic rings. The van der Waals surface area contributed by atoms with Gasteiger partial charge in [0, 0.05) is 4.88 Å². The van der Waals surface area contributed by atoms with Gasteiger partial charge in [-0.25, -0.2) is 0 Å². The Morgan fingerprint density at radius 1 is 1.05 bits per heavy atom. The molecule has 1 aliphatic carbocycles. The third-order valence-electron chi connectivity index (χ3n) is 4.48. The van der Waals surface area contributed by atoms with E-state index in [0.717, 1.165) is 30.4 Å². The molecular formula is C16H21N3OS. The van der Waals surface area contributed by atoms with Gasteiger partial charge in [-0.2, -0.15) is 0 Å². The van der Waals surface area contributed by atoms with E-state index >= 15 is 0 Å². The van der Waals surface area contributed by atoms with Gasteiger partial charge < -0.3 is 4.42 Å². The summed E-state index contributed by atoms with van der Waals surface area (Å²) in [5.41, 5.74) is 1.50. The molecule has 0 unspecified atom stereocenters. The summed E-state index contributed by atoms with van der Waals surface area (Å²) >= 11 is 1.84. The number of hydrogen-bond acceptors (Lipinski definition) is 5. The molecule has 1 fully saturated rings. The first-order chi connectivity index (χ1) is 10.4. The van der Waals surface area contributed by atoms with Crippen molar-refractivity contribution in [1.82, 2.24) is 15.1 Å². The monoisotopic (exact) mass is 303 g/mol. The topological polar surface area (TPSA) is 42.2 Å². The second-order valence-corrected chi connectivity index (χ2v) is 7.24. The Morgan fingerprint density at radius 2 is 1.90 bits per heavy atom. The molecule has 0 amide bonds. The predicted molar refractivity (Wildman–Crippen MR) is 83.4 cm³/mol. The SMILES string of the molecule is c1c(-c2nnc(CN3CCCCC3)o2)sc2c1CCCC2. The molecule has 0 atom stereocenters. The van der Waals surface area contributed by atoms with Crippen LogP contribution in [0.5, 0.6) is 0 Å². The lowest BCUT2D eigenvalue weighted by atomic mass is 9.99. The predicted octanol–water partition coefficient (Wildman–Crippen LogP) is 3.66. The van der Waals surface area contributed by atoms with Crippen LogP contribution in [0.1, 0.15) is 48.4 Å². The standard InChI is InChI=1S/C16H21N3OS/c1-4-8-19(9-5-1)11-15-17-18-16(20-15)14-10-12-6-2-3-7-13(12)21-14/h10H,1-9,11H2. The van der Waals surface area contributed by atoms with E-state index in [1.165, 1.54) is 55.4 Å². The summed E-state index contributed by atoms with van der Waals surface area (Å²) in [4.78, 5) is 5.09. The summed E-state index contributed by atoms with van der Waals surface area (Å²) in [6, 6.07) is 2.26. The maximum Gasteiger partial charge on any atom is 0.257 e. The van der Waals surface area contributed by atoms with Crippen LogP contribution in [0.25, 0.3) is 10.8 Å². The second kappa shape index (κ2) is 5.89. The Kier molecular flexibility index (Phi) is 3.78. The third-order valence-corrected chi connectivity index (χ3v) is 5.71. The van der Waals surface area contributed by atoms with Crippen molar-refractivity contribution in [3.05, 3.63) is 22.4 Å². The van der Waals surface area contributed by atoms with Crippen molar-refractivity contribution in [3.8, 4) is 10.8 Å². The van der Waals surface area contributed by atoms with Crippen LogP contribution in [0, 0.1) is 0 Å². The molecule has 1 saturated heterocycles. The summed E-state index contributed by atoms with van der Waals surface area (Å²) in [5.74, 6) is 1.47. The van der Waals surface area contributed by atoms with Gasteiger partial charge in [-0.1, -0.05) is 6.42 Å².